The van der Waals surface area contributed by atoms with E-state index in [1.807, 2.05) is 54.2 Å². The number of likely N-dealkylation sites (tertiary alicyclic amines) is 1. The van der Waals surface area contributed by atoms with Gasteiger partial charge < -0.3 is 5.11 Å². The van der Waals surface area contributed by atoms with Crippen molar-refractivity contribution >= 4 is 21.9 Å². The second kappa shape index (κ2) is 10.5. The molecule has 2 aromatic carbocycles. The Hall–Kier alpha value is -2.64. The van der Waals surface area contributed by atoms with Gasteiger partial charge in [0.2, 0.25) is 0 Å². The van der Waals surface area contributed by atoms with Crippen LogP contribution < -0.4 is 5.56 Å². The Morgan fingerprint density at radius 2 is 1.73 bits per heavy atom. The van der Waals surface area contributed by atoms with Gasteiger partial charge in [0.15, 0.2) is 0 Å². The Kier molecular flexibility index (Phi) is 7.50. The first-order chi connectivity index (χ1) is 15.9. The van der Waals surface area contributed by atoms with Gasteiger partial charge in [-0.2, -0.15) is 0 Å². The van der Waals surface area contributed by atoms with Crippen molar-refractivity contribution in [3.63, 3.8) is 0 Å². The number of nitrogens with zero attached hydrogens (tertiary/aromatic N) is 3. The van der Waals surface area contributed by atoms with Gasteiger partial charge in [0.05, 0.1) is 16.9 Å². The molecule has 0 amide bonds. The maximum absolute atomic E-state index is 12.8. The Bertz CT molecular complexity index is 1140. The van der Waals surface area contributed by atoms with Crippen LogP contribution in [0.25, 0.3) is 5.69 Å². The van der Waals surface area contributed by atoms with Crippen molar-refractivity contribution in [1.82, 2.24) is 14.3 Å². The molecule has 0 aliphatic carbocycles. The second-order valence-corrected chi connectivity index (χ2v) is 9.64. The summed E-state index contributed by atoms with van der Waals surface area (Å²) in [6.07, 6.45) is 5.64. The minimum atomic E-state index is -0.878. The number of piperidine rings is 1. The highest BCUT2D eigenvalue weighted by Crippen LogP contribution is 2.25. The third-order valence-electron chi connectivity index (χ3n) is 6.68. The maximum atomic E-state index is 12.8. The molecule has 0 radical (unpaired) electrons. The summed E-state index contributed by atoms with van der Waals surface area (Å²) in [5, 5.41) is 9.01. The van der Waals surface area contributed by atoms with Gasteiger partial charge in [-0.15, -0.1) is 0 Å². The van der Waals surface area contributed by atoms with Crippen LogP contribution in [0.1, 0.15) is 47.3 Å². The maximum Gasteiger partial charge on any atom is 0.335 e. The molecule has 1 aromatic heterocycles. The Labute approximate surface area is 202 Å². The summed E-state index contributed by atoms with van der Waals surface area (Å²) < 4.78 is 4.32. The van der Waals surface area contributed by atoms with E-state index in [-0.39, 0.29) is 5.56 Å². The lowest BCUT2D eigenvalue weighted by Crippen LogP contribution is -2.34. The van der Waals surface area contributed by atoms with Crippen LogP contribution >= 0.6 is 15.9 Å². The highest BCUT2D eigenvalue weighted by molar-refractivity contribution is 9.10. The largest absolute Gasteiger partial charge is 0.478 e. The van der Waals surface area contributed by atoms with E-state index in [0.29, 0.717) is 10.0 Å². The fourth-order valence-electron chi connectivity index (χ4n) is 4.70. The standard InChI is InChI=1S/C26H30BrN3O3/c1-28-23(24(27)25(31)30(28)22-8-3-2-4-9-22)18-29-16-14-20(15-17-29)7-5-6-19-10-12-21(13-11-19)26(32)33/h2-4,8-13,20H,5-7,14-18H2,1H3,(H,32,33). The average Bonchev–Trinajstić information content (AvgIpc) is 3.04. The van der Waals surface area contributed by atoms with Crippen molar-refractivity contribution < 1.29 is 9.90 Å². The first kappa shape index (κ1) is 23.5. The van der Waals surface area contributed by atoms with Crippen LogP contribution in [0, 0.1) is 5.92 Å². The first-order valence-electron chi connectivity index (χ1n) is 11.5. The number of carboxylic acid groups (broad SMARTS) is 1. The lowest BCUT2D eigenvalue weighted by Gasteiger charge is -2.32. The molecule has 6 nitrogen and oxygen atoms in total. The van der Waals surface area contributed by atoms with Gasteiger partial charge in [-0.3, -0.25) is 14.4 Å². The summed E-state index contributed by atoms with van der Waals surface area (Å²) in [5.74, 6) is -0.155. The molecule has 174 valence electrons. The molecule has 0 saturated carbocycles. The van der Waals surface area contributed by atoms with E-state index in [4.69, 9.17) is 5.11 Å². The normalized spacial score (nSPS) is 15.1. The number of benzene rings is 2. The number of aromatic nitrogens is 2. The quantitative estimate of drug-likeness (QED) is 0.468. The van der Waals surface area contributed by atoms with E-state index in [9.17, 15) is 9.59 Å². The van der Waals surface area contributed by atoms with E-state index in [1.54, 1.807) is 16.8 Å². The molecule has 3 aromatic rings. The molecular weight excluding hydrogens is 482 g/mol. The van der Waals surface area contributed by atoms with Gasteiger partial charge in [0.1, 0.15) is 4.47 Å². The molecule has 4 rings (SSSR count). The number of hydrogen-bond donors (Lipinski definition) is 1. The highest BCUT2D eigenvalue weighted by Gasteiger charge is 2.23. The van der Waals surface area contributed by atoms with Gasteiger partial charge in [-0.1, -0.05) is 36.8 Å². The molecule has 7 heteroatoms. The molecular formula is C26H30BrN3O3. The molecule has 0 spiro atoms. The predicted octanol–water partition coefficient (Wildman–Crippen LogP) is 4.87. The number of carboxylic acids is 1. The zero-order valence-electron chi connectivity index (χ0n) is 18.9. The lowest BCUT2D eigenvalue weighted by molar-refractivity contribution is 0.0697. The number of halogens is 1. The molecule has 1 saturated heterocycles. The molecule has 0 bridgehead atoms. The molecule has 0 atom stereocenters. The fourth-order valence-corrected chi connectivity index (χ4v) is 5.25. The highest BCUT2D eigenvalue weighted by atomic mass is 79.9. The minimum absolute atomic E-state index is 0.0232. The lowest BCUT2D eigenvalue weighted by atomic mass is 9.90. The summed E-state index contributed by atoms with van der Waals surface area (Å²) >= 11 is 3.54. The molecule has 1 N–H and O–H groups in total. The van der Waals surface area contributed by atoms with Gasteiger partial charge in [-0.25, -0.2) is 9.48 Å². The zero-order valence-corrected chi connectivity index (χ0v) is 20.5. The van der Waals surface area contributed by atoms with Crippen LogP contribution in [0.5, 0.6) is 0 Å². The van der Waals surface area contributed by atoms with Crippen molar-refractivity contribution in [2.24, 2.45) is 13.0 Å². The van der Waals surface area contributed by atoms with E-state index in [0.717, 1.165) is 49.8 Å². The predicted molar refractivity (Wildman–Crippen MR) is 133 cm³/mol. The van der Waals surface area contributed by atoms with E-state index < -0.39 is 5.97 Å². The molecule has 1 aliphatic heterocycles. The van der Waals surface area contributed by atoms with Gasteiger partial charge >= 0.3 is 5.97 Å². The Morgan fingerprint density at radius 3 is 2.36 bits per heavy atom. The molecule has 1 aliphatic rings. The van der Waals surface area contributed by atoms with E-state index >= 15 is 0 Å². The first-order valence-corrected chi connectivity index (χ1v) is 12.3. The van der Waals surface area contributed by atoms with Crippen LogP contribution in [-0.2, 0) is 20.0 Å². The molecule has 1 fully saturated rings. The van der Waals surface area contributed by atoms with E-state index in [1.165, 1.54) is 24.8 Å². The molecule has 33 heavy (non-hydrogen) atoms. The fraction of sp³-hybridized carbons (Fsp3) is 0.385. The van der Waals surface area contributed by atoms with Crippen molar-refractivity contribution in [2.45, 2.75) is 38.6 Å². The monoisotopic (exact) mass is 511 g/mol. The summed E-state index contributed by atoms with van der Waals surface area (Å²) in [5.41, 5.74) is 3.39. The van der Waals surface area contributed by atoms with Crippen LogP contribution in [0.15, 0.2) is 63.9 Å². The Balaban J connectivity index is 1.28. The Morgan fingerprint density at radius 1 is 1.06 bits per heavy atom. The summed E-state index contributed by atoms with van der Waals surface area (Å²) in [4.78, 5) is 26.3. The van der Waals surface area contributed by atoms with Crippen LogP contribution in [-0.4, -0.2) is 38.4 Å². The summed E-state index contributed by atoms with van der Waals surface area (Å²) in [6.45, 7) is 2.83. The number of para-hydroxylation sites is 1. The van der Waals surface area contributed by atoms with Crippen molar-refractivity contribution in [3.8, 4) is 5.69 Å². The van der Waals surface area contributed by atoms with Gasteiger partial charge in [-0.05, 0) is 90.4 Å². The third kappa shape index (κ3) is 5.47. The number of aromatic carboxylic acids is 1. The molecule has 0 unspecified atom stereocenters. The number of rotatable bonds is 8. The topological polar surface area (TPSA) is 67.5 Å². The number of aryl methyl sites for hydroxylation is 1. The van der Waals surface area contributed by atoms with Crippen molar-refractivity contribution in [1.29, 1.82) is 0 Å². The third-order valence-corrected chi connectivity index (χ3v) is 7.48. The van der Waals surface area contributed by atoms with Crippen LogP contribution in [0.3, 0.4) is 0 Å². The van der Waals surface area contributed by atoms with Crippen molar-refractivity contribution in [2.75, 3.05) is 13.1 Å². The van der Waals surface area contributed by atoms with E-state index in [2.05, 4.69) is 20.8 Å². The van der Waals surface area contributed by atoms with Crippen molar-refractivity contribution in [3.05, 3.63) is 86.2 Å². The number of carbonyl (C=O) groups is 1. The van der Waals surface area contributed by atoms with Crippen LogP contribution in [0.4, 0.5) is 0 Å². The number of hydrogen-bond acceptors (Lipinski definition) is 3. The summed E-state index contributed by atoms with van der Waals surface area (Å²) in [7, 11) is 1.95. The SMILES string of the molecule is Cn1c(CN2CCC(CCCc3ccc(C(=O)O)cc3)CC2)c(Br)c(=O)n1-c1ccccc1. The molecule has 2 heterocycles. The zero-order chi connectivity index (χ0) is 23.4. The average molecular weight is 512 g/mol. The van der Waals surface area contributed by atoms with Gasteiger partial charge in [0.25, 0.3) is 5.56 Å². The van der Waals surface area contributed by atoms with Crippen LogP contribution in [0.2, 0.25) is 0 Å². The summed E-state index contributed by atoms with van der Waals surface area (Å²) in [6, 6.07) is 17.0. The van der Waals surface area contributed by atoms with Gasteiger partial charge in [0, 0.05) is 13.6 Å². The minimum Gasteiger partial charge on any atom is -0.478 e. The smallest absolute Gasteiger partial charge is 0.335 e. The second-order valence-electron chi connectivity index (χ2n) is 8.85.